The average molecular weight is 238 g/mol. The van der Waals surface area contributed by atoms with Gasteiger partial charge in [-0.2, -0.15) is 0 Å². The summed E-state index contributed by atoms with van der Waals surface area (Å²) in [7, 11) is 2.35. The van der Waals surface area contributed by atoms with E-state index < -0.39 is 0 Å². The van der Waals surface area contributed by atoms with Gasteiger partial charge in [0, 0.05) is 12.6 Å². The summed E-state index contributed by atoms with van der Waals surface area (Å²) >= 11 is 0. The fourth-order valence-corrected chi connectivity index (χ4v) is 3.74. The van der Waals surface area contributed by atoms with Crippen molar-refractivity contribution in [1.82, 2.24) is 10.2 Å². The lowest BCUT2D eigenvalue weighted by molar-refractivity contribution is 0.0945. The monoisotopic (exact) mass is 238 g/mol. The molecule has 1 saturated carbocycles. The van der Waals surface area contributed by atoms with E-state index in [9.17, 15) is 0 Å². The maximum Gasteiger partial charge on any atom is 0.0120 e. The number of nitrogens with one attached hydrogen (secondary N) is 1. The van der Waals surface area contributed by atoms with Gasteiger partial charge in [-0.3, -0.25) is 0 Å². The van der Waals surface area contributed by atoms with E-state index in [-0.39, 0.29) is 0 Å². The van der Waals surface area contributed by atoms with E-state index in [0.29, 0.717) is 0 Å². The third kappa shape index (κ3) is 3.69. The molecule has 4 atom stereocenters. The first-order chi connectivity index (χ1) is 8.16. The molecular weight excluding hydrogens is 208 g/mol. The Bertz CT molecular complexity index is 223. The highest BCUT2D eigenvalue weighted by Crippen LogP contribution is 2.31. The third-order valence-electron chi connectivity index (χ3n) is 4.93. The first kappa shape index (κ1) is 13.4. The van der Waals surface area contributed by atoms with Crippen LogP contribution in [0.3, 0.4) is 0 Å². The van der Waals surface area contributed by atoms with E-state index in [1.807, 2.05) is 0 Å². The quantitative estimate of drug-likeness (QED) is 0.813. The largest absolute Gasteiger partial charge is 0.316 e. The Morgan fingerprint density at radius 1 is 1.18 bits per heavy atom. The third-order valence-corrected chi connectivity index (χ3v) is 4.93. The lowest BCUT2D eigenvalue weighted by Gasteiger charge is -2.40. The molecule has 2 fully saturated rings. The second kappa shape index (κ2) is 6.19. The van der Waals surface area contributed by atoms with Crippen molar-refractivity contribution in [3.8, 4) is 0 Å². The normalized spacial score (nSPS) is 39.5. The standard InChI is InChI=1S/C15H30N2/c1-12-6-7-13(2)15(9-12)17(3)11-14-5-4-8-16-10-14/h12-16H,4-11H2,1-3H3. The van der Waals surface area contributed by atoms with Crippen LogP contribution >= 0.6 is 0 Å². The molecule has 0 spiro atoms. The van der Waals surface area contributed by atoms with Crippen molar-refractivity contribution < 1.29 is 0 Å². The summed E-state index contributed by atoms with van der Waals surface area (Å²) in [5.41, 5.74) is 0. The number of hydrogen-bond acceptors (Lipinski definition) is 2. The van der Waals surface area contributed by atoms with Crippen LogP contribution in [0.1, 0.15) is 46.0 Å². The van der Waals surface area contributed by atoms with Crippen molar-refractivity contribution in [2.45, 2.75) is 52.0 Å². The molecule has 2 heteroatoms. The zero-order valence-corrected chi connectivity index (χ0v) is 11.9. The molecule has 1 N–H and O–H groups in total. The molecule has 2 nitrogen and oxygen atoms in total. The van der Waals surface area contributed by atoms with E-state index in [0.717, 1.165) is 23.8 Å². The van der Waals surface area contributed by atoms with Gasteiger partial charge in [0.05, 0.1) is 0 Å². The maximum atomic E-state index is 3.54. The fourth-order valence-electron chi connectivity index (χ4n) is 3.74. The van der Waals surface area contributed by atoms with Gasteiger partial charge in [-0.05, 0) is 63.6 Å². The number of nitrogens with zero attached hydrogens (tertiary/aromatic N) is 1. The molecule has 0 aromatic rings. The molecule has 0 bridgehead atoms. The number of hydrogen-bond donors (Lipinski definition) is 1. The molecule has 100 valence electrons. The maximum absolute atomic E-state index is 3.54. The molecule has 1 heterocycles. The summed E-state index contributed by atoms with van der Waals surface area (Å²) in [5.74, 6) is 2.72. The van der Waals surface area contributed by atoms with Crippen LogP contribution in [-0.2, 0) is 0 Å². The Balaban J connectivity index is 1.82. The summed E-state index contributed by atoms with van der Waals surface area (Å²) in [4.78, 5) is 2.66. The molecule has 17 heavy (non-hydrogen) atoms. The first-order valence-electron chi connectivity index (χ1n) is 7.57. The van der Waals surface area contributed by atoms with Gasteiger partial charge in [0.25, 0.3) is 0 Å². The smallest absolute Gasteiger partial charge is 0.0120 e. The zero-order chi connectivity index (χ0) is 12.3. The van der Waals surface area contributed by atoms with E-state index >= 15 is 0 Å². The first-order valence-corrected chi connectivity index (χ1v) is 7.57. The molecule has 1 saturated heterocycles. The molecule has 4 unspecified atom stereocenters. The van der Waals surface area contributed by atoms with Gasteiger partial charge in [-0.1, -0.05) is 20.3 Å². The molecule has 2 rings (SSSR count). The molecule has 0 aromatic carbocycles. The van der Waals surface area contributed by atoms with Crippen molar-refractivity contribution in [2.24, 2.45) is 17.8 Å². The van der Waals surface area contributed by atoms with E-state index in [1.54, 1.807) is 0 Å². The van der Waals surface area contributed by atoms with Gasteiger partial charge in [-0.15, -0.1) is 0 Å². The van der Waals surface area contributed by atoms with Crippen molar-refractivity contribution in [2.75, 3.05) is 26.7 Å². The van der Waals surface area contributed by atoms with Crippen LogP contribution in [0, 0.1) is 17.8 Å². The molecule has 1 aliphatic carbocycles. The minimum Gasteiger partial charge on any atom is -0.316 e. The Kier molecular flexibility index (Phi) is 4.87. The van der Waals surface area contributed by atoms with Gasteiger partial charge >= 0.3 is 0 Å². The average Bonchev–Trinajstić information content (AvgIpc) is 2.33. The van der Waals surface area contributed by atoms with Crippen LogP contribution in [0.4, 0.5) is 0 Å². The highest BCUT2D eigenvalue weighted by atomic mass is 15.1. The number of piperidine rings is 1. The van der Waals surface area contributed by atoms with Crippen molar-refractivity contribution in [3.63, 3.8) is 0 Å². The SMILES string of the molecule is CC1CCC(C)C(N(C)CC2CCCNC2)C1. The Hall–Kier alpha value is -0.0800. The highest BCUT2D eigenvalue weighted by molar-refractivity contribution is 4.84. The van der Waals surface area contributed by atoms with E-state index in [4.69, 9.17) is 0 Å². The summed E-state index contributed by atoms with van der Waals surface area (Å²) in [6.07, 6.45) is 7.08. The number of rotatable bonds is 3. The second-order valence-electron chi connectivity index (χ2n) is 6.61. The van der Waals surface area contributed by atoms with Crippen molar-refractivity contribution in [3.05, 3.63) is 0 Å². The predicted octanol–water partition coefficient (Wildman–Crippen LogP) is 2.74. The molecule has 2 aliphatic rings. The second-order valence-corrected chi connectivity index (χ2v) is 6.61. The van der Waals surface area contributed by atoms with Gasteiger partial charge in [0.1, 0.15) is 0 Å². The van der Waals surface area contributed by atoms with Gasteiger partial charge < -0.3 is 10.2 Å². The van der Waals surface area contributed by atoms with Crippen LogP contribution in [0.2, 0.25) is 0 Å². The Morgan fingerprint density at radius 3 is 2.71 bits per heavy atom. The van der Waals surface area contributed by atoms with E-state index in [2.05, 4.69) is 31.1 Å². The summed E-state index contributed by atoms with van der Waals surface area (Å²) in [5, 5.41) is 3.54. The molecule has 1 aliphatic heterocycles. The minimum atomic E-state index is 0.834. The summed E-state index contributed by atoms with van der Waals surface area (Å²) in [6.45, 7) is 8.65. The molecule has 0 radical (unpaired) electrons. The van der Waals surface area contributed by atoms with Crippen LogP contribution < -0.4 is 5.32 Å². The Morgan fingerprint density at radius 2 is 2.00 bits per heavy atom. The molecule has 0 aromatic heterocycles. The van der Waals surface area contributed by atoms with Crippen molar-refractivity contribution >= 4 is 0 Å². The van der Waals surface area contributed by atoms with Gasteiger partial charge in [0.15, 0.2) is 0 Å². The Labute approximate surface area is 107 Å². The van der Waals surface area contributed by atoms with Crippen LogP contribution in [0.25, 0.3) is 0 Å². The predicted molar refractivity (Wildman–Crippen MR) is 74.2 cm³/mol. The highest BCUT2D eigenvalue weighted by Gasteiger charge is 2.29. The van der Waals surface area contributed by atoms with Crippen LogP contribution in [-0.4, -0.2) is 37.6 Å². The lowest BCUT2D eigenvalue weighted by atomic mass is 9.79. The lowest BCUT2D eigenvalue weighted by Crippen LogP contribution is -2.45. The minimum absolute atomic E-state index is 0.834. The molecular formula is C15H30N2. The van der Waals surface area contributed by atoms with Crippen molar-refractivity contribution in [1.29, 1.82) is 0 Å². The summed E-state index contributed by atoms with van der Waals surface area (Å²) < 4.78 is 0. The zero-order valence-electron chi connectivity index (χ0n) is 11.9. The van der Waals surface area contributed by atoms with Gasteiger partial charge in [-0.25, -0.2) is 0 Å². The summed E-state index contributed by atoms with van der Waals surface area (Å²) in [6, 6.07) is 0.834. The van der Waals surface area contributed by atoms with E-state index in [1.165, 1.54) is 51.7 Å². The van der Waals surface area contributed by atoms with Gasteiger partial charge in [0.2, 0.25) is 0 Å². The van der Waals surface area contributed by atoms with Crippen LogP contribution in [0.15, 0.2) is 0 Å². The topological polar surface area (TPSA) is 15.3 Å². The molecule has 0 amide bonds. The fraction of sp³-hybridized carbons (Fsp3) is 1.00. The van der Waals surface area contributed by atoms with Crippen LogP contribution in [0.5, 0.6) is 0 Å².